The van der Waals surface area contributed by atoms with Gasteiger partial charge in [-0.3, -0.25) is 4.99 Å². The van der Waals surface area contributed by atoms with E-state index in [0.717, 1.165) is 19.6 Å². The van der Waals surface area contributed by atoms with Crippen LogP contribution in [-0.4, -0.2) is 30.7 Å². The molecule has 0 heterocycles. The van der Waals surface area contributed by atoms with Crippen molar-refractivity contribution in [1.82, 2.24) is 4.90 Å². The zero-order chi connectivity index (χ0) is 12.2. The molecular formula is C14H26N2. The number of allylic oxidation sites excluding steroid dienone is 3. The molecule has 0 bridgehead atoms. The van der Waals surface area contributed by atoms with Gasteiger partial charge in [-0.15, -0.1) is 0 Å². The Morgan fingerprint density at radius 1 is 1.19 bits per heavy atom. The first kappa shape index (κ1) is 14.9. The Balaban J connectivity index is 3.97. The van der Waals surface area contributed by atoms with Crippen LogP contribution < -0.4 is 0 Å². The Hall–Kier alpha value is -1.05. The van der Waals surface area contributed by atoms with E-state index >= 15 is 0 Å². The molecule has 0 rings (SSSR count). The van der Waals surface area contributed by atoms with Gasteiger partial charge in [0.2, 0.25) is 0 Å². The number of nitrogens with zero attached hydrogens (tertiary/aromatic N) is 2. The predicted molar refractivity (Wildman–Crippen MR) is 74.1 cm³/mol. The third-order valence-corrected chi connectivity index (χ3v) is 2.40. The zero-order valence-corrected chi connectivity index (χ0v) is 11.2. The van der Waals surface area contributed by atoms with Gasteiger partial charge in [0.05, 0.1) is 0 Å². The normalized spacial score (nSPS) is 12.9. The van der Waals surface area contributed by atoms with Crippen molar-refractivity contribution in [3.8, 4) is 0 Å². The fraction of sp³-hybridized carbons (Fsp3) is 0.643. The van der Waals surface area contributed by atoms with Gasteiger partial charge >= 0.3 is 0 Å². The zero-order valence-electron chi connectivity index (χ0n) is 11.2. The molecule has 0 N–H and O–H groups in total. The molecule has 92 valence electrons. The molecule has 0 aliphatic heterocycles. The van der Waals surface area contributed by atoms with Gasteiger partial charge in [0, 0.05) is 25.8 Å². The lowest BCUT2D eigenvalue weighted by Crippen LogP contribution is -2.14. The number of hydrogen-bond donors (Lipinski definition) is 0. The minimum Gasteiger partial charge on any atom is -0.378 e. The summed E-state index contributed by atoms with van der Waals surface area (Å²) in [5.41, 5.74) is 1.21. The lowest BCUT2D eigenvalue weighted by Gasteiger charge is -2.13. The molecule has 0 aromatic heterocycles. The van der Waals surface area contributed by atoms with Crippen LogP contribution in [-0.2, 0) is 0 Å². The molecule has 0 spiro atoms. The van der Waals surface area contributed by atoms with Crippen molar-refractivity contribution in [2.45, 2.75) is 40.5 Å². The fourth-order valence-corrected chi connectivity index (χ4v) is 1.25. The first-order chi connectivity index (χ1) is 7.74. The van der Waals surface area contributed by atoms with E-state index in [1.807, 2.05) is 6.21 Å². The summed E-state index contributed by atoms with van der Waals surface area (Å²) >= 11 is 0. The predicted octanol–water partition coefficient (Wildman–Crippen LogP) is 3.66. The van der Waals surface area contributed by atoms with Gasteiger partial charge in [-0.05, 0) is 45.0 Å². The van der Waals surface area contributed by atoms with Gasteiger partial charge in [-0.25, -0.2) is 0 Å². The Kier molecular flexibility index (Phi) is 9.78. The van der Waals surface area contributed by atoms with E-state index in [9.17, 15) is 0 Å². The van der Waals surface area contributed by atoms with Gasteiger partial charge in [-0.2, -0.15) is 0 Å². The summed E-state index contributed by atoms with van der Waals surface area (Å²) in [5, 5.41) is 0. The Bertz CT molecular complexity index is 235. The molecule has 0 aliphatic carbocycles. The molecule has 0 aliphatic rings. The van der Waals surface area contributed by atoms with Crippen molar-refractivity contribution in [1.29, 1.82) is 0 Å². The third kappa shape index (κ3) is 8.27. The molecular weight excluding hydrogens is 196 g/mol. The molecule has 0 saturated heterocycles. The molecule has 0 amide bonds. The average Bonchev–Trinajstić information content (AvgIpc) is 2.30. The number of rotatable bonds is 8. The molecule has 2 nitrogen and oxygen atoms in total. The third-order valence-electron chi connectivity index (χ3n) is 2.40. The van der Waals surface area contributed by atoms with Crippen molar-refractivity contribution >= 4 is 6.21 Å². The van der Waals surface area contributed by atoms with Crippen LogP contribution in [0.3, 0.4) is 0 Å². The van der Waals surface area contributed by atoms with Crippen LogP contribution in [0.4, 0.5) is 0 Å². The number of unbranched alkanes of at least 4 members (excludes halogenated alkanes) is 1. The molecule has 0 fully saturated rings. The van der Waals surface area contributed by atoms with Gasteiger partial charge in [0.15, 0.2) is 0 Å². The quantitative estimate of drug-likeness (QED) is 0.348. The molecule has 16 heavy (non-hydrogen) atoms. The standard InChI is InChI=1S/C14H26N2/c1-5-8-11-15-13-14(4)10-9-12-16(6-2)7-3/h9-10,12-13H,5-8,11H2,1-4H3/b12-9+,14-10+,15-13?. The smallest absolute Gasteiger partial charge is 0.0389 e. The Labute approximate surface area is 101 Å². The summed E-state index contributed by atoms with van der Waals surface area (Å²) in [6.07, 6.45) is 10.7. The van der Waals surface area contributed by atoms with Crippen molar-refractivity contribution in [3.63, 3.8) is 0 Å². The highest BCUT2D eigenvalue weighted by Gasteiger charge is 1.87. The van der Waals surface area contributed by atoms with E-state index in [1.165, 1.54) is 18.4 Å². The maximum Gasteiger partial charge on any atom is 0.0389 e. The first-order valence-corrected chi connectivity index (χ1v) is 6.33. The average molecular weight is 222 g/mol. The topological polar surface area (TPSA) is 15.6 Å². The largest absolute Gasteiger partial charge is 0.378 e. The van der Waals surface area contributed by atoms with Crippen LogP contribution in [0.2, 0.25) is 0 Å². The molecule has 0 radical (unpaired) electrons. The maximum atomic E-state index is 4.36. The van der Waals surface area contributed by atoms with Crippen LogP contribution in [0.25, 0.3) is 0 Å². The van der Waals surface area contributed by atoms with Crippen LogP contribution in [0.15, 0.2) is 28.9 Å². The van der Waals surface area contributed by atoms with Gasteiger partial charge in [0.1, 0.15) is 0 Å². The minimum atomic E-state index is 0.946. The highest BCUT2D eigenvalue weighted by molar-refractivity contribution is 5.78. The maximum absolute atomic E-state index is 4.36. The fourth-order valence-electron chi connectivity index (χ4n) is 1.25. The van der Waals surface area contributed by atoms with Crippen LogP contribution in [0.1, 0.15) is 40.5 Å². The van der Waals surface area contributed by atoms with E-state index in [1.54, 1.807) is 0 Å². The van der Waals surface area contributed by atoms with Gasteiger partial charge < -0.3 is 4.90 Å². The Morgan fingerprint density at radius 2 is 1.88 bits per heavy atom. The summed E-state index contributed by atoms with van der Waals surface area (Å²) in [6, 6.07) is 0. The molecule has 0 aromatic carbocycles. The second-order valence-corrected chi connectivity index (χ2v) is 3.86. The Morgan fingerprint density at radius 3 is 2.44 bits per heavy atom. The molecule has 0 saturated carbocycles. The van der Waals surface area contributed by atoms with Crippen LogP contribution >= 0.6 is 0 Å². The van der Waals surface area contributed by atoms with E-state index in [2.05, 4.69) is 55.9 Å². The summed E-state index contributed by atoms with van der Waals surface area (Å²) in [7, 11) is 0. The highest BCUT2D eigenvalue weighted by atomic mass is 15.1. The van der Waals surface area contributed by atoms with Crippen molar-refractivity contribution in [2.24, 2.45) is 4.99 Å². The van der Waals surface area contributed by atoms with E-state index in [-0.39, 0.29) is 0 Å². The van der Waals surface area contributed by atoms with Gasteiger partial charge in [-0.1, -0.05) is 19.4 Å². The summed E-state index contributed by atoms with van der Waals surface area (Å²) in [6.45, 7) is 11.7. The SMILES string of the molecule is CCCCN=C/C(C)=C/C=C/N(CC)CC. The monoisotopic (exact) mass is 222 g/mol. The highest BCUT2D eigenvalue weighted by Crippen LogP contribution is 1.94. The van der Waals surface area contributed by atoms with Crippen molar-refractivity contribution in [3.05, 3.63) is 23.9 Å². The molecule has 0 aromatic rings. The summed E-state index contributed by atoms with van der Waals surface area (Å²) < 4.78 is 0. The van der Waals surface area contributed by atoms with Crippen LogP contribution in [0.5, 0.6) is 0 Å². The minimum absolute atomic E-state index is 0.946. The number of aliphatic imine (C=N–C) groups is 1. The molecule has 0 unspecified atom stereocenters. The van der Waals surface area contributed by atoms with Gasteiger partial charge in [0.25, 0.3) is 0 Å². The van der Waals surface area contributed by atoms with E-state index in [4.69, 9.17) is 0 Å². The van der Waals surface area contributed by atoms with E-state index in [0.29, 0.717) is 0 Å². The second kappa shape index (κ2) is 10.5. The molecule has 2 heteroatoms. The van der Waals surface area contributed by atoms with Crippen molar-refractivity contribution in [2.75, 3.05) is 19.6 Å². The number of hydrogen-bond acceptors (Lipinski definition) is 2. The lowest BCUT2D eigenvalue weighted by molar-refractivity contribution is 0.419. The molecule has 0 atom stereocenters. The lowest BCUT2D eigenvalue weighted by atomic mass is 10.3. The van der Waals surface area contributed by atoms with Crippen LogP contribution in [0, 0.1) is 0 Å². The summed E-state index contributed by atoms with van der Waals surface area (Å²) in [5.74, 6) is 0. The second-order valence-electron chi connectivity index (χ2n) is 3.86. The first-order valence-electron chi connectivity index (χ1n) is 6.33. The van der Waals surface area contributed by atoms with E-state index < -0.39 is 0 Å². The summed E-state index contributed by atoms with van der Waals surface area (Å²) in [4.78, 5) is 6.62. The van der Waals surface area contributed by atoms with Crippen molar-refractivity contribution < 1.29 is 0 Å².